The summed E-state index contributed by atoms with van der Waals surface area (Å²) in [6.45, 7) is 3.83. The quantitative estimate of drug-likeness (QED) is 0.829. The summed E-state index contributed by atoms with van der Waals surface area (Å²) in [5, 5.41) is 8.49. The predicted molar refractivity (Wildman–Crippen MR) is 81.7 cm³/mol. The zero-order valence-corrected chi connectivity index (χ0v) is 12.3. The van der Waals surface area contributed by atoms with E-state index in [4.69, 9.17) is 11.5 Å². The Hall–Kier alpha value is -1.84. The van der Waals surface area contributed by atoms with Gasteiger partial charge in [0.1, 0.15) is 0 Å². The minimum Gasteiger partial charge on any atom is -0.402 e. The van der Waals surface area contributed by atoms with Crippen molar-refractivity contribution >= 4 is 0 Å². The number of nitrogens with two attached hydrogens (primary N) is 2. The van der Waals surface area contributed by atoms with Crippen LogP contribution in [0.25, 0.3) is 0 Å². The molecular weight excluding hydrogens is 248 g/mol. The van der Waals surface area contributed by atoms with E-state index in [2.05, 4.69) is 16.3 Å². The van der Waals surface area contributed by atoms with Gasteiger partial charge < -0.3 is 11.5 Å². The number of hydrogen-bond donors (Lipinski definition) is 2. The molecule has 0 aliphatic heterocycles. The Labute approximate surface area is 121 Å². The molecule has 4 heteroatoms. The third kappa shape index (κ3) is 3.83. The number of allylic oxidation sites excluding steroid dienone is 4. The number of hydrogen-bond acceptors (Lipinski definition) is 4. The van der Waals surface area contributed by atoms with Crippen molar-refractivity contribution in [2.24, 2.45) is 17.4 Å². The van der Waals surface area contributed by atoms with Crippen LogP contribution in [0.1, 0.15) is 49.9 Å². The van der Waals surface area contributed by atoms with E-state index in [1.165, 1.54) is 12.8 Å². The molecule has 0 bridgehead atoms. The highest BCUT2D eigenvalue weighted by molar-refractivity contribution is 5.18. The van der Waals surface area contributed by atoms with Crippen molar-refractivity contribution in [2.45, 2.75) is 45.4 Å². The Balaban J connectivity index is 2.07. The minimum absolute atomic E-state index is 0.424. The summed E-state index contributed by atoms with van der Waals surface area (Å²) in [5.41, 5.74) is 15.6. The summed E-state index contributed by atoms with van der Waals surface area (Å²) >= 11 is 0. The van der Waals surface area contributed by atoms with Gasteiger partial charge in [0.05, 0.1) is 11.4 Å². The van der Waals surface area contributed by atoms with Gasteiger partial charge in [-0.3, -0.25) is 0 Å². The van der Waals surface area contributed by atoms with Gasteiger partial charge in [0.25, 0.3) is 0 Å². The number of rotatable bonds is 3. The average molecular weight is 272 g/mol. The van der Waals surface area contributed by atoms with Gasteiger partial charge in [-0.1, -0.05) is 6.42 Å². The van der Waals surface area contributed by atoms with Crippen LogP contribution in [-0.4, -0.2) is 10.2 Å². The van der Waals surface area contributed by atoms with Gasteiger partial charge in [-0.2, -0.15) is 10.2 Å². The largest absolute Gasteiger partial charge is 0.402 e. The number of aromatic nitrogens is 2. The van der Waals surface area contributed by atoms with E-state index in [1.807, 2.05) is 32.1 Å². The maximum Gasteiger partial charge on any atom is 0.0662 e. The predicted octanol–water partition coefficient (Wildman–Crippen LogP) is 2.76. The lowest BCUT2D eigenvalue weighted by Crippen LogP contribution is -2.20. The first-order valence-corrected chi connectivity index (χ1v) is 7.26. The molecule has 4 N–H and O–H groups in total. The molecule has 2 atom stereocenters. The van der Waals surface area contributed by atoms with Crippen LogP contribution in [0.15, 0.2) is 35.7 Å². The lowest BCUT2D eigenvalue weighted by atomic mass is 9.78. The molecule has 1 unspecified atom stereocenters. The Morgan fingerprint density at radius 2 is 2.00 bits per heavy atom. The molecule has 1 aliphatic rings. The van der Waals surface area contributed by atoms with E-state index in [0.29, 0.717) is 11.8 Å². The van der Waals surface area contributed by atoms with Crippen molar-refractivity contribution in [3.63, 3.8) is 0 Å². The molecule has 108 valence electrons. The Morgan fingerprint density at radius 1 is 1.20 bits per heavy atom. The number of nitrogens with zero attached hydrogens (tertiary/aromatic N) is 2. The molecule has 1 fully saturated rings. The summed E-state index contributed by atoms with van der Waals surface area (Å²) in [7, 11) is 0. The fourth-order valence-electron chi connectivity index (χ4n) is 2.75. The van der Waals surface area contributed by atoms with E-state index in [0.717, 1.165) is 35.6 Å². The second kappa shape index (κ2) is 6.55. The highest BCUT2D eigenvalue weighted by atomic mass is 15.1. The van der Waals surface area contributed by atoms with Crippen molar-refractivity contribution < 1.29 is 0 Å². The second-order valence-corrected chi connectivity index (χ2v) is 5.74. The molecule has 1 aromatic heterocycles. The SMILES string of the molecule is C/C(N)=C/C=C(\N)C1CCC[C@@H](c2ccc(C)nn2)C1. The molecule has 1 saturated carbocycles. The molecular formula is C16H24N4. The van der Waals surface area contributed by atoms with Crippen LogP contribution in [0.4, 0.5) is 0 Å². The maximum atomic E-state index is 6.19. The highest BCUT2D eigenvalue weighted by Gasteiger charge is 2.25. The fraction of sp³-hybridized carbons (Fsp3) is 0.500. The van der Waals surface area contributed by atoms with Gasteiger partial charge in [0, 0.05) is 17.3 Å². The first kappa shape index (κ1) is 14.6. The lowest BCUT2D eigenvalue weighted by molar-refractivity contribution is 0.351. The highest BCUT2D eigenvalue weighted by Crippen LogP contribution is 2.37. The molecule has 4 nitrogen and oxygen atoms in total. The van der Waals surface area contributed by atoms with Crippen molar-refractivity contribution in [3.8, 4) is 0 Å². The van der Waals surface area contributed by atoms with Gasteiger partial charge in [0.15, 0.2) is 0 Å². The maximum absolute atomic E-state index is 6.19. The standard InChI is InChI=1S/C16H24N4/c1-11(17)6-8-15(18)13-4-3-5-14(10-13)16-9-7-12(2)19-20-16/h6-9,13-14H,3-5,10,17-18H2,1-2H3/b11-6-,15-8-/t13?,14-/m1/s1. The summed E-state index contributed by atoms with van der Waals surface area (Å²) in [6.07, 6.45) is 8.39. The van der Waals surface area contributed by atoms with E-state index in [9.17, 15) is 0 Å². The van der Waals surface area contributed by atoms with Crippen LogP contribution in [0.5, 0.6) is 0 Å². The molecule has 2 rings (SSSR count). The average Bonchev–Trinajstić information content (AvgIpc) is 2.45. The van der Waals surface area contributed by atoms with Gasteiger partial charge in [-0.05, 0) is 63.3 Å². The molecule has 0 saturated heterocycles. The third-order valence-corrected chi connectivity index (χ3v) is 3.92. The zero-order valence-electron chi connectivity index (χ0n) is 12.3. The second-order valence-electron chi connectivity index (χ2n) is 5.74. The molecule has 1 aromatic rings. The molecule has 1 aliphatic carbocycles. The topological polar surface area (TPSA) is 77.8 Å². The lowest BCUT2D eigenvalue weighted by Gasteiger charge is -2.28. The summed E-state index contributed by atoms with van der Waals surface area (Å²) in [4.78, 5) is 0. The monoisotopic (exact) mass is 272 g/mol. The third-order valence-electron chi connectivity index (χ3n) is 3.92. The van der Waals surface area contributed by atoms with Crippen LogP contribution in [0.2, 0.25) is 0 Å². The first-order valence-electron chi connectivity index (χ1n) is 7.26. The fourth-order valence-corrected chi connectivity index (χ4v) is 2.75. The molecule has 0 radical (unpaired) electrons. The summed E-state index contributed by atoms with van der Waals surface area (Å²) in [5.74, 6) is 0.893. The summed E-state index contributed by atoms with van der Waals surface area (Å²) < 4.78 is 0. The van der Waals surface area contributed by atoms with Crippen molar-refractivity contribution in [1.29, 1.82) is 0 Å². The minimum atomic E-state index is 0.424. The zero-order chi connectivity index (χ0) is 14.5. The molecule has 1 heterocycles. The van der Waals surface area contributed by atoms with Gasteiger partial charge in [-0.25, -0.2) is 0 Å². The molecule has 20 heavy (non-hydrogen) atoms. The molecule has 0 amide bonds. The van der Waals surface area contributed by atoms with Crippen LogP contribution < -0.4 is 11.5 Å². The van der Waals surface area contributed by atoms with Crippen molar-refractivity contribution in [2.75, 3.05) is 0 Å². The van der Waals surface area contributed by atoms with Gasteiger partial charge in [-0.15, -0.1) is 0 Å². The Morgan fingerprint density at radius 3 is 2.65 bits per heavy atom. The van der Waals surface area contributed by atoms with E-state index < -0.39 is 0 Å². The van der Waals surface area contributed by atoms with Crippen LogP contribution in [0.3, 0.4) is 0 Å². The van der Waals surface area contributed by atoms with E-state index in [-0.39, 0.29) is 0 Å². The smallest absolute Gasteiger partial charge is 0.0662 e. The van der Waals surface area contributed by atoms with Crippen LogP contribution in [0, 0.1) is 12.8 Å². The molecule has 0 spiro atoms. The van der Waals surface area contributed by atoms with Crippen LogP contribution >= 0.6 is 0 Å². The van der Waals surface area contributed by atoms with E-state index in [1.54, 1.807) is 0 Å². The first-order chi connectivity index (χ1) is 9.56. The Kier molecular flexibility index (Phi) is 4.77. The van der Waals surface area contributed by atoms with Gasteiger partial charge in [0.2, 0.25) is 0 Å². The Bertz CT molecular complexity index is 498. The normalized spacial score (nSPS) is 24.7. The van der Waals surface area contributed by atoms with Gasteiger partial charge >= 0.3 is 0 Å². The van der Waals surface area contributed by atoms with Crippen molar-refractivity contribution in [3.05, 3.63) is 47.1 Å². The molecule has 0 aromatic carbocycles. The number of aryl methyl sites for hydroxylation is 1. The van der Waals surface area contributed by atoms with Crippen molar-refractivity contribution in [1.82, 2.24) is 10.2 Å². The van der Waals surface area contributed by atoms with E-state index >= 15 is 0 Å². The summed E-state index contributed by atoms with van der Waals surface area (Å²) in [6, 6.07) is 4.13. The van der Waals surface area contributed by atoms with Crippen LogP contribution in [-0.2, 0) is 0 Å².